The van der Waals surface area contributed by atoms with Gasteiger partial charge in [0.05, 0.1) is 5.56 Å². The quantitative estimate of drug-likeness (QED) is 0.396. The van der Waals surface area contributed by atoms with Gasteiger partial charge < -0.3 is 4.74 Å². The highest BCUT2D eigenvalue weighted by Gasteiger charge is 2.40. The fourth-order valence-corrected chi connectivity index (χ4v) is 2.72. The summed E-state index contributed by atoms with van der Waals surface area (Å²) in [4.78, 5) is 0. The smallest absolute Gasteiger partial charge is 0.429 e. The molecule has 0 spiro atoms. The Morgan fingerprint density at radius 2 is 1.30 bits per heavy atom. The molecule has 0 aromatic heterocycles. The number of benzene rings is 3. The number of aryl methyl sites for hydroxylation is 1. The Morgan fingerprint density at radius 3 is 1.87 bits per heavy atom. The van der Waals surface area contributed by atoms with E-state index in [1.165, 1.54) is 12.1 Å². The molecule has 3 aromatic rings. The maximum absolute atomic E-state index is 14.4. The summed E-state index contributed by atoms with van der Waals surface area (Å²) in [6, 6.07) is 8.46. The summed E-state index contributed by atoms with van der Waals surface area (Å²) in [7, 11) is 0. The summed E-state index contributed by atoms with van der Waals surface area (Å²) in [5, 5.41) is 0. The monoisotopic (exact) mass is 432 g/mol. The van der Waals surface area contributed by atoms with Crippen molar-refractivity contribution in [1.29, 1.82) is 0 Å². The first-order valence-corrected chi connectivity index (χ1v) is 8.39. The van der Waals surface area contributed by atoms with Gasteiger partial charge in [-0.15, -0.1) is 0 Å². The van der Waals surface area contributed by atoms with E-state index in [4.69, 9.17) is 0 Å². The second kappa shape index (κ2) is 7.62. The molecule has 0 bridgehead atoms. The van der Waals surface area contributed by atoms with Crippen LogP contribution in [0.1, 0.15) is 16.7 Å². The zero-order valence-corrected chi connectivity index (χ0v) is 15.1. The van der Waals surface area contributed by atoms with Crippen LogP contribution in [-0.4, -0.2) is 0 Å². The lowest BCUT2D eigenvalue weighted by Gasteiger charge is -2.20. The van der Waals surface area contributed by atoms with E-state index in [0.29, 0.717) is 12.1 Å². The molecular weight excluding hydrogens is 420 g/mol. The van der Waals surface area contributed by atoms with Crippen molar-refractivity contribution in [3.8, 4) is 16.9 Å². The van der Waals surface area contributed by atoms with Crippen molar-refractivity contribution in [3.05, 3.63) is 88.7 Å². The molecule has 158 valence electrons. The predicted molar refractivity (Wildman–Crippen MR) is 92.5 cm³/mol. The molecule has 0 atom stereocenters. The van der Waals surface area contributed by atoms with Gasteiger partial charge in [-0.3, -0.25) is 0 Å². The van der Waals surface area contributed by atoms with Gasteiger partial charge in [0.15, 0.2) is 11.6 Å². The van der Waals surface area contributed by atoms with E-state index in [0.717, 1.165) is 11.6 Å². The molecule has 9 heteroatoms. The third-order valence-electron chi connectivity index (χ3n) is 4.25. The van der Waals surface area contributed by atoms with Crippen molar-refractivity contribution in [1.82, 2.24) is 0 Å². The molecular formula is C21H12F8O. The average Bonchev–Trinajstić information content (AvgIpc) is 2.63. The van der Waals surface area contributed by atoms with Crippen LogP contribution in [0.15, 0.2) is 54.6 Å². The lowest BCUT2D eigenvalue weighted by Crippen LogP contribution is -2.24. The number of hydrogen-bond acceptors (Lipinski definition) is 1. The number of hydrogen-bond donors (Lipinski definition) is 0. The van der Waals surface area contributed by atoms with Gasteiger partial charge in [-0.05, 0) is 30.7 Å². The van der Waals surface area contributed by atoms with E-state index >= 15 is 0 Å². The standard InChI is InChI=1S/C21H12F8O/c1-11-2-4-12(5-3-11)14-7-9-16(19(24)18(14)23)21(28,29)30-13-6-8-15(17(22)10-13)20(25,26)27/h2-10H,1H3. The third-order valence-corrected chi connectivity index (χ3v) is 4.25. The van der Waals surface area contributed by atoms with Crippen LogP contribution < -0.4 is 4.74 Å². The van der Waals surface area contributed by atoms with E-state index in [1.54, 1.807) is 19.1 Å². The summed E-state index contributed by atoms with van der Waals surface area (Å²) in [5.41, 5.74) is -2.35. The van der Waals surface area contributed by atoms with Crippen LogP contribution in [0.2, 0.25) is 0 Å². The van der Waals surface area contributed by atoms with Gasteiger partial charge in [0, 0.05) is 11.6 Å². The van der Waals surface area contributed by atoms with Crippen LogP contribution in [0.25, 0.3) is 11.1 Å². The van der Waals surface area contributed by atoms with Crippen molar-refractivity contribution < 1.29 is 39.9 Å². The van der Waals surface area contributed by atoms with Crippen molar-refractivity contribution in [2.45, 2.75) is 19.2 Å². The largest absolute Gasteiger partial charge is 0.429 e. The van der Waals surface area contributed by atoms with Gasteiger partial charge in [0.1, 0.15) is 17.1 Å². The van der Waals surface area contributed by atoms with Gasteiger partial charge in [-0.25, -0.2) is 13.2 Å². The molecule has 0 N–H and O–H groups in total. The van der Waals surface area contributed by atoms with Crippen LogP contribution in [0.4, 0.5) is 35.1 Å². The lowest BCUT2D eigenvalue weighted by molar-refractivity contribution is -0.187. The molecule has 30 heavy (non-hydrogen) atoms. The topological polar surface area (TPSA) is 9.23 Å². The van der Waals surface area contributed by atoms with Crippen LogP contribution in [0.5, 0.6) is 5.75 Å². The number of halogens is 8. The lowest BCUT2D eigenvalue weighted by atomic mass is 10.0. The molecule has 0 radical (unpaired) electrons. The molecule has 0 heterocycles. The van der Waals surface area contributed by atoms with Crippen LogP contribution in [-0.2, 0) is 12.3 Å². The number of alkyl halides is 5. The Hall–Kier alpha value is -3.10. The van der Waals surface area contributed by atoms with Crippen LogP contribution >= 0.6 is 0 Å². The summed E-state index contributed by atoms with van der Waals surface area (Å²) >= 11 is 0. The van der Waals surface area contributed by atoms with Crippen molar-refractivity contribution in [2.75, 3.05) is 0 Å². The minimum absolute atomic E-state index is 0.0890. The zero-order valence-electron chi connectivity index (χ0n) is 15.1. The number of rotatable bonds is 4. The summed E-state index contributed by atoms with van der Waals surface area (Å²) < 4.78 is 113. The summed E-state index contributed by atoms with van der Waals surface area (Å²) in [6.07, 6.45) is -9.52. The van der Waals surface area contributed by atoms with E-state index in [1.807, 2.05) is 0 Å². The highest BCUT2D eigenvalue weighted by Crippen LogP contribution is 2.38. The first-order valence-electron chi connectivity index (χ1n) is 8.39. The Balaban J connectivity index is 1.94. The highest BCUT2D eigenvalue weighted by molar-refractivity contribution is 5.65. The van der Waals surface area contributed by atoms with Gasteiger partial charge in [-0.1, -0.05) is 35.9 Å². The molecule has 0 aliphatic heterocycles. The van der Waals surface area contributed by atoms with E-state index < -0.39 is 46.6 Å². The van der Waals surface area contributed by atoms with Crippen molar-refractivity contribution >= 4 is 0 Å². The molecule has 0 unspecified atom stereocenters. The Bertz CT molecular complexity index is 1070. The normalized spacial score (nSPS) is 12.2. The van der Waals surface area contributed by atoms with Crippen LogP contribution in [0.3, 0.4) is 0 Å². The van der Waals surface area contributed by atoms with E-state index in [2.05, 4.69) is 4.74 Å². The molecule has 0 fully saturated rings. The molecule has 0 aliphatic rings. The predicted octanol–water partition coefficient (Wildman–Crippen LogP) is 7.23. The Morgan fingerprint density at radius 1 is 0.700 bits per heavy atom. The van der Waals surface area contributed by atoms with Gasteiger partial charge in [0.2, 0.25) is 0 Å². The maximum Gasteiger partial charge on any atom is 0.429 e. The molecule has 1 nitrogen and oxygen atoms in total. The average molecular weight is 432 g/mol. The summed E-state index contributed by atoms with van der Waals surface area (Å²) in [5.74, 6) is -6.30. The summed E-state index contributed by atoms with van der Waals surface area (Å²) in [6.45, 7) is 1.77. The van der Waals surface area contributed by atoms with Crippen molar-refractivity contribution in [2.24, 2.45) is 0 Å². The van der Waals surface area contributed by atoms with E-state index in [-0.39, 0.29) is 23.3 Å². The molecule has 0 saturated heterocycles. The maximum atomic E-state index is 14.4. The van der Waals surface area contributed by atoms with Gasteiger partial charge in [-0.2, -0.15) is 22.0 Å². The first kappa shape index (κ1) is 21.6. The van der Waals surface area contributed by atoms with Crippen molar-refractivity contribution in [3.63, 3.8) is 0 Å². The fourth-order valence-electron chi connectivity index (χ4n) is 2.72. The van der Waals surface area contributed by atoms with E-state index in [9.17, 15) is 35.1 Å². The first-order chi connectivity index (χ1) is 13.9. The molecule has 3 aromatic carbocycles. The second-order valence-electron chi connectivity index (χ2n) is 6.41. The number of ether oxygens (including phenoxy) is 1. The molecule has 0 aliphatic carbocycles. The SMILES string of the molecule is Cc1ccc(-c2ccc(C(F)(F)Oc3ccc(C(F)(F)F)c(F)c3)c(F)c2F)cc1. The minimum Gasteiger partial charge on any atom is -0.429 e. The third kappa shape index (κ3) is 4.24. The molecule has 0 amide bonds. The zero-order chi connectivity index (χ0) is 22.3. The second-order valence-corrected chi connectivity index (χ2v) is 6.41. The molecule has 3 rings (SSSR count). The molecule has 0 saturated carbocycles. The highest BCUT2D eigenvalue weighted by atomic mass is 19.4. The Labute approximate surface area is 165 Å². The Kier molecular flexibility index (Phi) is 5.49. The van der Waals surface area contributed by atoms with Gasteiger partial charge in [0.25, 0.3) is 0 Å². The minimum atomic E-state index is -5.04. The van der Waals surface area contributed by atoms with Crippen LogP contribution in [0, 0.1) is 24.4 Å². The fraction of sp³-hybridized carbons (Fsp3) is 0.143. The van der Waals surface area contributed by atoms with Gasteiger partial charge >= 0.3 is 12.3 Å².